The molecule has 1 amide bonds. The molecule has 2 aromatic carbocycles. The Balaban J connectivity index is 1.82. The number of ether oxygens (including phenoxy) is 1. The number of nitrogens with zero attached hydrogens (tertiary/aromatic N) is 1. The van der Waals surface area contributed by atoms with E-state index in [0.717, 1.165) is 18.2 Å². The first-order valence-corrected chi connectivity index (χ1v) is 9.21. The second kappa shape index (κ2) is 7.78. The number of hydrogen-bond acceptors (Lipinski definition) is 2. The molecule has 1 fully saturated rings. The number of rotatable bonds is 4. The molecule has 0 spiro atoms. The summed E-state index contributed by atoms with van der Waals surface area (Å²) in [5.74, 6) is 0.223. The van der Waals surface area contributed by atoms with Crippen LogP contribution >= 0.6 is 34.8 Å². The van der Waals surface area contributed by atoms with E-state index in [1.807, 2.05) is 0 Å². The van der Waals surface area contributed by atoms with E-state index in [0.29, 0.717) is 18.0 Å². The van der Waals surface area contributed by atoms with Gasteiger partial charge in [-0.15, -0.1) is 23.2 Å². The van der Waals surface area contributed by atoms with Crippen LogP contribution in [0, 0.1) is 5.92 Å². The standard InChI is InChI=1S/C18H13Cl3F3NO2/c19-8-10-9-25(17(26)16(10)21)12-2-1-3-13(7-12)27-15-5-4-11(6-14(15)20)18(22,23)24/h1-7,10,16H,8-9H2. The van der Waals surface area contributed by atoms with Crippen LogP contribution in [0.25, 0.3) is 0 Å². The van der Waals surface area contributed by atoms with Gasteiger partial charge in [0.25, 0.3) is 0 Å². The van der Waals surface area contributed by atoms with E-state index in [4.69, 9.17) is 39.5 Å². The summed E-state index contributed by atoms with van der Waals surface area (Å²) in [6.07, 6.45) is -4.49. The van der Waals surface area contributed by atoms with E-state index in [9.17, 15) is 18.0 Å². The third-order valence-electron chi connectivity index (χ3n) is 4.15. The summed E-state index contributed by atoms with van der Waals surface area (Å²) in [5, 5.41) is -0.869. The van der Waals surface area contributed by atoms with Crippen LogP contribution in [0.15, 0.2) is 42.5 Å². The lowest BCUT2D eigenvalue weighted by atomic mass is 10.1. The molecular formula is C18H13Cl3F3NO2. The van der Waals surface area contributed by atoms with Crippen LogP contribution in [0.5, 0.6) is 11.5 Å². The Morgan fingerprint density at radius 1 is 1.19 bits per heavy atom. The Labute approximate surface area is 168 Å². The molecule has 2 unspecified atom stereocenters. The minimum Gasteiger partial charge on any atom is -0.456 e. The molecule has 144 valence electrons. The SMILES string of the molecule is O=C1C(Cl)C(CCl)CN1c1cccc(Oc2ccc(C(F)(F)F)cc2Cl)c1. The van der Waals surface area contributed by atoms with Gasteiger partial charge in [-0.2, -0.15) is 13.2 Å². The van der Waals surface area contributed by atoms with Gasteiger partial charge in [0, 0.05) is 30.1 Å². The largest absolute Gasteiger partial charge is 0.456 e. The number of carbonyl (C=O) groups excluding carboxylic acids is 1. The number of halogens is 6. The number of benzene rings is 2. The Bertz CT molecular complexity index is 860. The maximum absolute atomic E-state index is 12.7. The zero-order chi connectivity index (χ0) is 19.8. The van der Waals surface area contributed by atoms with Crippen molar-refractivity contribution in [2.24, 2.45) is 5.92 Å². The Morgan fingerprint density at radius 3 is 2.52 bits per heavy atom. The quantitative estimate of drug-likeness (QED) is 0.551. The molecular weight excluding hydrogens is 426 g/mol. The second-order valence-corrected chi connectivity index (χ2v) is 7.19. The van der Waals surface area contributed by atoms with Crippen LogP contribution in [0.4, 0.5) is 18.9 Å². The van der Waals surface area contributed by atoms with Crippen molar-refractivity contribution in [2.45, 2.75) is 11.6 Å². The highest BCUT2D eigenvalue weighted by molar-refractivity contribution is 6.35. The maximum Gasteiger partial charge on any atom is 0.416 e. The first kappa shape index (κ1) is 20.1. The average Bonchev–Trinajstić information content (AvgIpc) is 2.91. The molecule has 0 radical (unpaired) electrons. The van der Waals surface area contributed by atoms with Crippen LogP contribution in [0.1, 0.15) is 5.56 Å². The molecule has 3 rings (SSSR count). The third kappa shape index (κ3) is 4.28. The highest BCUT2D eigenvalue weighted by atomic mass is 35.5. The minimum atomic E-state index is -4.49. The molecule has 9 heteroatoms. The Hall–Kier alpha value is -1.63. The predicted molar refractivity (Wildman–Crippen MR) is 99.2 cm³/mol. The fourth-order valence-corrected chi connectivity index (χ4v) is 3.60. The fourth-order valence-electron chi connectivity index (χ4n) is 2.73. The second-order valence-electron chi connectivity index (χ2n) is 6.01. The molecule has 1 saturated heterocycles. The molecule has 0 bridgehead atoms. The lowest BCUT2D eigenvalue weighted by Crippen LogP contribution is -2.27. The molecule has 27 heavy (non-hydrogen) atoms. The van der Waals surface area contributed by atoms with E-state index in [2.05, 4.69) is 0 Å². The molecule has 1 heterocycles. The van der Waals surface area contributed by atoms with Crippen LogP contribution in [0.2, 0.25) is 5.02 Å². The number of amides is 1. The molecule has 0 aromatic heterocycles. The van der Waals surface area contributed by atoms with Crippen molar-refractivity contribution < 1.29 is 22.7 Å². The summed E-state index contributed by atoms with van der Waals surface area (Å²) in [4.78, 5) is 13.8. The lowest BCUT2D eigenvalue weighted by Gasteiger charge is -2.17. The minimum absolute atomic E-state index is 0.0726. The topological polar surface area (TPSA) is 29.5 Å². The van der Waals surface area contributed by atoms with Crippen molar-refractivity contribution in [1.82, 2.24) is 0 Å². The summed E-state index contributed by atoms with van der Waals surface area (Å²) in [6.45, 7) is 0.376. The van der Waals surface area contributed by atoms with Crippen molar-refractivity contribution >= 4 is 46.4 Å². The van der Waals surface area contributed by atoms with Gasteiger partial charge in [-0.3, -0.25) is 4.79 Å². The van der Waals surface area contributed by atoms with Gasteiger partial charge in [-0.05, 0) is 30.3 Å². The van der Waals surface area contributed by atoms with Gasteiger partial charge in [0.2, 0.25) is 5.91 Å². The van der Waals surface area contributed by atoms with Crippen LogP contribution in [-0.2, 0) is 11.0 Å². The molecule has 2 atom stereocenters. The van der Waals surface area contributed by atoms with Crippen LogP contribution < -0.4 is 9.64 Å². The predicted octanol–water partition coefficient (Wildman–Crippen LogP) is 5.96. The first-order chi connectivity index (χ1) is 12.7. The smallest absolute Gasteiger partial charge is 0.416 e. The molecule has 3 nitrogen and oxygen atoms in total. The molecule has 0 aliphatic carbocycles. The zero-order valence-corrected chi connectivity index (χ0v) is 15.9. The fraction of sp³-hybridized carbons (Fsp3) is 0.278. The van der Waals surface area contributed by atoms with Gasteiger partial charge >= 0.3 is 6.18 Å². The van der Waals surface area contributed by atoms with E-state index in [1.165, 1.54) is 4.90 Å². The number of anilines is 1. The first-order valence-electron chi connectivity index (χ1n) is 7.87. The molecule has 2 aromatic rings. The van der Waals surface area contributed by atoms with Gasteiger partial charge in [0.15, 0.2) is 0 Å². The van der Waals surface area contributed by atoms with E-state index in [-0.39, 0.29) is 28.5 Å². The summed E-state index contributed by atoms with van der Waals surface area (Å²) < 4.78 is 43.8. The normalized spacial score (nSPS) is 20.2. The Kier molecular flexibility index (Phi) is 5.79. The average molecular weight is 439 g/mol. The highest BCUT2D eigenvalue weighted by Gasteiger charge is 2.39. The molecule has 0 saturated carbocycles. The van der Waals surface area contributed by atoms with Gasteiger partial charge in [0.05, 0.1) is 10.6 Å². The van der Waals surface area contributed by atoms with E-state index >= 15 is 0 Å². The molecule has 1 aliphatic heterocycles. The van der Waals surface area contributed by atoms with E-state index in [1.54, 1.807) is 24.3 Å². The zero-order valence-electron chi connectivity index (χ0n) is 13.6. The maximum atomic E-state index is 12.7. The van der Waals surface area contributed by atoms with Crippen molar-refractivity contribution in [3.05, 3.63) is 53.1 Å². The lowest BCUT2D eigenvalue weighted by molar-refractivity contribution is -0.137. The summed E-state index contributed by atoms with van der Waals surface area (Å²) in [6, 6.07) is 9.40. The van der Waals surface area contributed by atoms with Crippen molar-refractivity contribution in [2.75, 3.05) is 17.3 Å². The number of carbonyl (C=O) groups is 1. The van der Waals surface area contributed by atoms with Gasteiger partial charge < -0.3 is 9.64 Å². The van der Waals surface area contributed by atoms with Crippen molar-refractivity contribution in [3.8, 4) is 11.5 Å². The molecule has 1 aliphatic rings. The number of hydrogen-bond donors (Lipinski definition) is 0. The van der Waals surface area contributed by atoms with Crippen molar-refractivity contribution in [1.29, 1.82) is 0 Å². The van der Waals surface area contributed by atoms with Crippen LogP contribution in [-0.4, -0.2) is 23.7 Å². The Morgan fingerprint density at radius 2 is 1.93 bits per heavy atom. The van der Waals surface area contributed by atoms with Crippen LogP contribution in [0.3, 0.4) is 0 Å². The number of alkyl halides is 5. The van der Waals surface area contributed by atoms with Gasteiger partial charge in [-0.1, -0.05) is 17.7 Å². The van der Waals surface area contributed by atoms with Crippen molar-refractivity contribution in [3.63, 3.8) is 0 Å². The van der Waals surface area contributed by atoms with E-state index < -0.39 is 17.1 Å². The van der Waals surface area contributed by atoms with Gasteiger partial charge in [0.1, 0.15) is 16.9 Å². The molecule has 0 N–H and O–H groups in total. The highest BCUT2D eigenvalue weighted by Crippen LogP contribution is 2.37. The summed E-state index contributed by atoms with van der Waals surface area (Å²) >= 11 is 17.8. The van der Waals surface area contributed by atoms with Gasteiger partial charge in [-0.25, -0.2) is 0 Å². The summed E-state index contributed by atoms with van der Waals surface area (Å²) in [5.41, 5.74) is -0.310. The monoisotopic (exact) mass is 437 g/mol. The summed E-state index contributed by atoms with van der Waals surface area (Å²) in [7, 11) is 0. The third-order valence-corrected chi connectivity index (χ3v) is 5.38.